The minimum atomic E-state index is 0. The second-order valence-corrected chi connectivity index (χ2v) is 4.32. The molecule has 0 unspecified atom stereocenters. The molecule has 2 rings (SSSR count). The Labute approximate surface area is 122 Å². The number of benzene rings is 2. The molecule has 0 aromatic heterocycles. The van der Waals surface area contributed by atoms with Crippen molar-refractivity contribution in [3.8, 4) is 0 Å². The van der Waals surface area contributed by atoms with Crippen molar-refractivity contribution in [1.82, 2.24) is 0 Å². The molecule has 0 N–H and O–H groups in total. The van der Waals surface area contributed by atoms with Crippen LogP contribution in [0.3, 0.4) is 0 Å². The first kappa shape index (κ1) is 15.1. The minimum absolute atomic E-state index is 0. The SMILES string of the molecule is C[C@H]([N-][C@@H](C)c1ccccc1)c1ccccc1.[Li+]. The fraction of sp³-hybridized carbons (Fsp3) is 0.250. The molecule has 18 heavy (non-hydrogen) atoms. The molecule has 2 heteroatoms. The van der Waals surface area contributed by atoms with Crippen molar-refractivity contribution in [2.45, 2.75) is 25.9 Å². The van der Waals surface area contributed by atoms with Crippen LogP contribution < -0.4 is 18.9 Å². The molecule has 0 amide bonds. The van der Waals surface area contributed by atoms with Crippen LogP contribution in [-0.2, 0) is 0 Å². The van der Waals surface area contributed by atoms with Crippen molar-refractivity contribution < 1.29 is 18.9 Å². The van der Waals surface area contributed by atoms with Gasteiger partial charge < -0.3 is 5.32 Å². The number of nitrogens with zero attached hydrogens (tertiary/aromatic N) is 1. The summed E-state index contributed by atoms with van der Waals surface area (Å²) in [7, 11) is 0. The Balaban J connectivity index is 0.00000162. The molecule has 0 aliphatic carbocycles. The zero-order chi connectivity index (χ0) is 12.1. The minimum Gasteiger partial charge on any atom is -0.650 e. The first-order chi connectivity index (χ1) is 8.27. The van der Waals surface area contributed by atoms with Gasteiger partial charge >= 0.3 is 18.9 Å². The monoisotopic (exact) mass is 231 g/mol. The number of hydrogen-bond acceptors (Lipinski definition) is 0. The summed E-state index contributed by atoms with van der Waals surface area (Å²) >= 11 is 0. The zero-order valence-corrected chi connectivity index (χ0v) is 11.4. The molecule has 1 nitrogen and oxygen atoms in total. The van der Waals surface area contributed by atoms with Crippen LogP contribution >= 0.6 is 0 Å². The van der Waals surface area contributed by atoms with Crippen LogP contribution in [0.15, 0.2) is 60.7 Å². The predicted molar refractivity (Wildman–Crippen MR) is 73.1 cm³/mol. The summed E-state index contributed by atoms with van der Waals surface area (Å²) in [6.45, 7) is 4.30. The van der Waals surface area contributed by atoms with E-state index in [0.29, 0.717) is 0 Å². The molecule has 0 fully saturated rings. The van der Waals surface area contributed by atoms with Crippen LogP contribution in [-0.4, -0.2) is 0 Å². The maximum Gasteiger partial charge on any atom is 1.00 e. The first-order valence-electron chi connectivity index (χ1n) is 6.07. The molecule has 0 saturated heterocycles. The van der Waals surface area contributed by atoms with Gasteiger partial charge in [0.2, 0.25) is 0 Å². The molecule has 2 atom stereocenters. The van der Waals surface area contributed by atoms with Crippen molar-refractivity contribution in [3.05, 3.63) is 77.1 Å². The maximum absolute atomic E-state index is 4.82. The fourth-order valence-corrected chi connectivity index (χ4v) is 1.97. The summed E-state index contributed by atoms with van der Waals surface area (Å²) in [5.74, 6) is 0. The Morgan fingerprint density at radius 3 is 1.33 bits per heavy atom. The molecule has 0 spiro atoms. The van der Waals surface area contributed by atoms with Gasteiger partial charge in [0.1, 0.15) is 0 Å². The standard InChI is InChI=1S/C16H18N.Li/c1-13(15-9-5-3-6-10-15)17-14(2)16-11-7-4-8-12-16;/h3-14H,1-2H3;/q-1;+1/t13-,14-;/m0./s1. The van der Waals surface area contributed by atoms with Crippen LogP contribution in [0.25, 0.3) is 5.32 Å². The van der Waals surface area contributed by atoms with Gasteiger partial charge in [-0.3, -0.25) is 0 Å². The van der Waals surface area contributed by atoms with Gasteiger partial charge in [0.25, 0.3) is 0 Å². The Bertz CT molecular complexity index is 398. The van der Waals surface area contributed by atoms with Gasteiger partial charge in [-0.15, -0.1) is 12.1 Å². The van der Waals surface area contributed by atoms with Crippen LogP contribution in [0.5, 0.6) is 0 Å². The Kier molecular flexibility index (Phi) is 6.22. The van der Waals surface area contributed by atoms with Gasteiger partial charge in [-0.1, -0.05) is 85.6 Å². The van der Waals surface area contributed by atoms with Gasteiger partial charge in [0.15, 0.2) is 0 Å². The summed E-state index contributed by atoms with van der Waals surface area (Å²) in [4.78, 5) is 0. The van der Waals surface area contributed by atoms with Gasteiger partial charge in [-0.2, -0.15) is 0 Å². The van der Waals surface area contributed by atoms with E-state index in [9.17, 15) is 0 Å². The fourth-order valence-electron chi connectivity index (χ4n) is 1.97. The van der Waals surface area contributed by atoms with Crippen molar-refractivity contribution in [2.24, 2.45) is 0 Å². The molecule has 0 aliphatic heterocycles. The van der Waals surface area contributed by atoms with E-state index in [0.717, 1.165) is 0 Å². The van der Waals surface area contributed by atoms with E-state index in [4.69, 9.17) is 5.32 Å². The summed E-state index contributed by atoms with van der Waals surface area (Å²) < 4.78 is 0. The smallest absolute Gasteiger partial charge is 0.650 e. The van der Waals surface area contributed by atoms with E-state index in [1.54, 1.807) is 0 Å². The van der Waals surface area contributed by atoms with Gasteiger partial charge in [-0.05, 0) is 0 Å². The van der Waals surface area contributed by atoms with Gasteiger partial charge in [-0.25, -0.2) is 0 Å². The number of hydrogen-bond donors (Lipinski definition) is 0. The maximum atomic E-state index is 4.82. The van der Waals surface area contributed by atoms with E-state index in [1.807, 2.05) is 12.1 Å². The van der Waals surface area contributed by atoms with Crippen LogP contribution in [0.2, 0.25) is 0 Å². The Morgan fingerprint density at radius 1 is 0.667 bits per heavy atom. The third-order valence-corrected chi connectivity index (χ3v) is 3.01. The third-order valence-electron chi connectivity index (χ3n) is 3.01. The van der Waals surface area contributed by atoms with Crippen molar-refractivity contribution in [3.63, 3.8) is 0 Å². The normalized spacial score (nSPS) is 13.4. The summed E-state index contributed by atoms with van der Waals surface area (Å²) in [5, 5.41) is 4.82. The van der Waals surface area contributed by atoms with Crippen LogP contribution in [0.4, 0.5) is 0 Å². The topological polar surface area (TPSA) is 14.1 Å². The van der Waals surface area contributed by atoms with Gasteiger partial charge in [0, 0.05) is 0 Å². The second kappa shape index (κ2) is 7.44. The quantitative estimate of drug-likeness (QED) is 0.713. The molecule has 2 aromatic rings. The Morgan fingerprint density at radius 2 is 1.00 bits per heavy atom. The molecule has 0 radical (unpaired) electrons. The van der Waals surface area contributed by atoms with E-state index in [1.165, 1.54) is 11.1 Å². The average Bonchev–Trinajstić information content (AvgIpc) is 2.40. The molecule has 0 heterocycles. The predicted octanol–water partition coefficient (Wildman–Crippen LogP) is 1.89. The summed E-state index contributed by atoms with van der Waals surface area (Å²) in [6, 6.07) is 21.3. The Hall–Kier alpha value is -1.00. The molecule has 2 aromatic carbocycles. The van der Waals surface area contributed by atoms with Crippen molar-refractivity contribution in [2.75, 3.05) is 0 Å². The third kappa shape index (κ3) is 4.03. The summed E-state index contributed by atoms with van der Waals surface area (Å²) in [6.07, 6.45) is 0. The largest absolute Gasteiger partial charge is 1.00 e. The molecule has 0 saturated carbocycles. The molecular formula is C16H18LiN. The van der Waals surface area contributed by atoms with E-state index >= 15 is 0 Å². The first-order valence-corrected chi connectivity index (χ1v) is 6.07. The molecule has 88 valence electrons. The average molecular weight is 231 g/mol. The molecular weight excluding hydrogens is 213 g/mol. The van der Waals surface area contributed by atoms with E-state index in [-0.39, 0.29) is 30.9 Å². The van der Waals surface area contributed by atoms with Crippen molar-refractivity contribution in [1.29, 1.82) is 0 Å². The van der Waals surface area contributed by atoms with Gasteiger partial charge in [0.05, 0.1) is 0 Å². The second-order valence-electron chi connectivity index (χ2n) is 4.32. The number of rotatable bonds is 4. The summed E-state index contributed by atoms with van der Waals surface area (Å²) in [5.41, 5.74) is 2.55. The van der Waals surface area contributed by atoms with E-state index in [2.05, 4.69) is 62.4 Å². The van der Waals surface area contributed by atoms with Crippen LogP contribution in [0.1, 0.15) is 37.1 Å². The van der Waals surface area contributed by atoms with E-state index < -0.39 is 0 Å². The molecule has 0 aliphatic rings. The van der Waals surface area contributed by atoms with Crippen LogP contribution in [0, 0.1) is 0 Å². The molecule has 0 bridgehead atoms. The van der Waals surface area contributed by atoms with Crippen molar-refractivity contribution >= 4 is 0 Å². The zero-order valence-electron chi connectivity index (χ0n) is 11.4.